The van der Waals surface area contributed by atoms with Crippen molar-refractivity contribution >= 4 is 17.4 Å². The fourth-order valence-corrected chi connectivity index (χ4v) is 1.79. The molecule has 0 saturated heterocycles. The smallest absolute Gasteiger partial charge is 0.239 e. The van der Waals surface area contributed by atoms with Gasteiger partial charge in [0.1, 0.15) is 19.8 Å². The third-order valence-corrected chi connectivity index (χ3v) is 2.77. The third kappa shape index (κ3) is 4.04. The molecule has 118 valence electrons. The van der Waals surface area contributed by atoms with E-state index in [4.69, 9.17) is 20.7 Å². The van der Waals surface area contributed by atoms with E-state index in [1.54, 1.807) is 6.92 Å². The number of aromatic nitrogens is 3. The van der Waals surface area contributed by atoms with Gasteiger partial charge in [0.2, 0.25) is 5.95 Å². The molecule has 0 radical (unpaired) electrons. The number of hydrogen-bond donors (Lipinski definition) is 2. The Balaban J connectivity index is 2.34. The summed E-state index contributed by atoms with van der Waals surface area (Å²) in [5.41, 5.74) is 7.70. The minimum atomic E-state index is 0.103. The summed E-state index contributed by atoms with van der Waals surface area (Å²) in [4.78, 5) is 14.1. The number of H-pyrrole nitrogens is 1. The van der Waals surface area contributed by atoms with E-state index in [1.807, 2.05) is 30.3 Å². The second-order valence-corrected chi connectivity index (χ2v) is 4.38. The largest absolute Gasteiger partial charge is 0.399 e. The van der Waals surface area contributed by atoms with E-state index in [9.17, 15) is 0 Å². The van der Waals surface area contributed by atoms with Crippen molar-refractivity contribution in [2.45, 2.75) is 13.5 Å². The van der Waals surface area contributed by atoms with Crippen molar-refractivity contribution in [3.63, 3.8) is 0 Å². The van der Waals surface area contributed by atoms with E-state index in [1.165, 1.54) is 7.11 Å². The molecule has 0 fully saturated rings. The van der Waals surface area contributed by atoms with Crippen molar-refractivity contribution < 1.29 is 9.68 Å². The van der Waals surface area contributed by atoms with Gasteiger partial charge in [-0.15, -0.1) is 5.10 Å². The second kappa shape index (κ2) is 7.56. The van der Waals surface area contributed by atoms with Crippen LogP contribution in [0.4, 0.5) is 5.95 Å². The number of nitrogen functional groups attached to an aromatic ring is 1. The molecule has 23 heavy (non-hydrogen) atoms. The van der Waals surface area contributed by atoms with Gasteiger partial charge < -0.3 is 15.4 Å². The first-order chi connectivity index (χ1) is 11.2. The average molecular weight is 313 g/mol. The molecule has 9 heteroatoms. The molecule has 0 saturated carbocycles. The Hall–Kier alpha value is -3.41. The molecule has 2 aromatic rings. The zero-order valence-electron chi connectivity index (χ0n) is 12.6. The van der Waals surface area contributed by atoms with Gasteiger partial charge in [0.15, 0.2) is 17.2 Å². The highest BCUT2D eigenvalue weighted by molar-refractivity contribution is 6.11. The highest BCUT2D eigenvalue weighted by Crippen LogP contribution is 2.15. The molecule has 0 aliphatic carbocycles. The van der Waals surface area contributed by atoms with E-state index in [-0.39, 0.29) is 18.3 Å². The molecule has 1 aromatic heterocycles. The van der Waals surface area contributed by atoms with E-state index >= 15 is 0 Å². The summed E-state index contributed by atoms with van der Waals surface area (Å²) in [6.45, 7) is 1.71. The van der Waals surface area contributed by atoms with E-state index in [0.29, 0.717) is 11.5 Å². The zero-order chi connectivity index (χ0) is 16.7. The quantitative estimate of drug-likeness (QED) is 0.607. The van der Waals surface area contributed by atoms with Crippen LogP contribution in [-0.4, -0.2) is 33.7 Å². The van der Waals surface area contributed by atoms with Gasteiger partial charge in [0.25, 0.3) is 0 Å². The van der Waals surface area contributed by atoms with Crippen LogP contribution in [0.15, 0.2) is 34.6 Å². The first-order valence-electron chi connectivity index (χ1n) is 6.60. The summed E-state index contributed by atoms with van der Waals surface area (Å²) in [7, 11) is 1.43. The third-order valence-electron chi connectivity index (χ3n) is 2.77. The molecule has 0 spiro atoms. The van der Waals surface area contributed by atoms with Gasteiger partial charge in [0.05, 0.1) is 0 Å². The highest BCUT2D eigenvalue weighted by atomic mass is 16.6. The topological polar surface area (TPSA) is 135 Å². The Kier molecular flexibility index (Phi) is 5.25. The Morgan fingerprint density at radius 2 is 2.17 bits per heavy atom. The van der Waals surface area contributed by atoms with Crippen molar-refractivity contribution in [3.05, 3.63) is 41.2 Å². The summed E-state index contributed by atoms with van der Waals surface area (Å²) in [5.74, 6) is 0.472. The lowest BCUT2D eigenvalue weighted by Crippen LogP contribution is -2.10. The molecule has 0 unspecified atom stereocenters. The zero-order valence-corrected chi connectivity index (χ0v) is 12.6. The van der Waals surface area contributed by atoms with Gasteiger partial charge in [-0.05, 0) is 6.92 Å². The standard InChI is InChI=1S/C14H15N7O2/c1-9(7-15)20-23-8-10-5-3-4-6-11(10)12(21-22-2)13-17-14(16)19-18-13/h3-6H,8H2,1-2H3,(H3,16,17,18,19)/b20-9+,21-12?. The number of nitrogens with one attached hydrogen (secondary N) is 1. The summed E-state index contributed by atoms with van der Waals surface area (Å²) in [6.07, 6.45) is 0. The van der Waals surface area contributed by atoms with Gasteiger partial charge in [-0.3, -0.25) is 5.10 Å². The predicted octanol–water partition coefficient (Wildman–Crippen LogP) is 1.20. The van der Waals surface area contributed by atoms with Gasteiger partial charge in [0, 0.05) is 11.1 Å². The normalized spacial score (nSPS) is 11.9. The van der Waals surface area contributed by atoms with Crippen molar-refractivity contribution in [1.82, 2.24) is 15.2 Å². The van der Waals surface area contributed by atoms with Crippen LogP contribution < -0.4 is 5.73 Å². The number of hydrogen-bond acceptors (Lipinski definition) is 8. The number of oxime groups is 2. The predicted molar refractivity (Wildman–Crippen MR) is 83.4 cm³/mol. The lowest BCUT2D eigenvalue weighted by atomic mass is 10.0. The van der Waals surface area contributed by atoms with Gasteiger partial charge in [-0.1, -0.05) is 34.6 Å². The van der Waals surface area contributed by atoms with Crippen LogP contribution in [0.3, 0.4) is 0 Å². The number of aromatic amines is 1. The van der Waals surface area contributed by atoms with E-state index < -0.39 is 0 Å². The van der Waals surface area contributed by atoms with Crippen LogP contribution >= 0.6 is 0 Å². The molecule has 0 aliphatic rings. The first kappa shape index (κ1) is 16.0. The van der Waals surface area contributed by atoms with Gasteiger partial charge in [-0.25, -0.2) is 0 Å². The summed E-state index contributed by atoms with van der Waals surface area (Å²) in [6, 6.07) is 9.25. The number of nitrogens with two attached hydrogens (primary N) is 1. The molecule has 0 bridgehead atoms. The van der Waals surface area contributed by atoms with Crippen LogP contribution in [0.5, 0.6) is 0 Å². The Bertz CT molecular complexity index is 773. The van der Waals surface area contributed by atoms with Crippen LogP contribution in [0.1, 0.15) is 23.9 Å². The molecular weight excluding hydrogens is 298 g/mol. The minimum Gasteiger partial charge on any atom is -0.399 e. The van der Waals surface area contributed by atoms with E-state index in [0.717, 1.165) is 11.1 Å². The monoisotopic (exact) mass is 313 g/mol. The molecule has 3 N–H and O–H groups in total. The summed E-state index contributed by atoms with van der Waals surface area (Å²) >= 11 is 0. The molecular formula is C14H15N7O2. The van der Waals surface area contributed by atoms with Gasteiger partial charge in [-0.2, -0.15) is 10.2 Å². The Labute approximate surface area is 132 Å². The lowest BCUT2D eigenvalue weighted by molar-refractivity contribution is 0.130. The number of nitrogens with zero attached hydrogens (tertiary/aromatic N) is 5. The number of benzene rings is 1. The maximum absolute atomic E-state index is 8.67. The fourth-order valence-electron chi connectivity index (χ4n) is 1.79. The number of anilines is 1. The van der Waals surface area contributed by atoms with Crippen LogP contribution in [-0.2, 0) is 16.3 Å². The number of nitriles is 1. The average Bonchev–Trinajstić information content (AvgIpc) is 2.99. The van der Waals surface area contributed by atoms with Crippen molar-refractivity contribution in [3.8, 4) is 6.07 Å². The van der Waals surface area contributed by atoms with Crippen molar-refractivity contribution in [2.24, 2.45) is 10.3 Å². The molecule has 2 rings (SSSR count). The lowest BCUT2D eigenvalue weighted by Gasteiger charge is -2.09. The second-order valence-electron chi connectivity index (χ2n) is 4.38. The molecule has 0 aliphatic heterocycles. The summed E-state index contributed by atoms with van der Waals surface area (Å²) < 4.78 is 0. The SMILES string of the molecule is CON=C(c1nc(N)n[nH]1)c1ccccc1CO/N=C(\C)C#N. The Morgan fingerprint density at radius 1 is 1.39 bits per heavy atom. The summed E-state index contributed by atoms with van der Waals surface area (Å²) in [5, 5.41) is 22.8. The molecule has 1 heterocycles. The van der Waals surface area contributed by atoms with Crippen LogP contribution in [0, 0.1) is 11.3 Å². The Morgan fingerprint density at radius 3 is 2.83 bits per heavy atom. The fraction of sp³-hybridized carbons (Fsp3) is 0.214. The van der Waals surface area contributed by atoms with Crippen LogP contribution in [0.2, 0.25) is 0 Å². The first-order valence-corrected chi connectivity index (χ1v) is 6.60. The van der Waals surface area contributed by atoms with Crippen LogP contribution in [0.25, 0.3) is 0 Å². The molecule has 9 nitrogen and oxygen atoms in total. The van der Waals surface area contributed by atoms with Crippen molar-refractivity contribution in [1.29, 1.82) is 5.26 Å². The van der Waals surface area contributed by atoms with E-state index in [2.05, 4.69) is 25.5 Å². The maximum atomic E-state index is 8.67. The molecule has 1 aromatic carbocycles. The molecule has 0 atom stereocenters. The maximum Gasteiger partial charge on any atom is 0.239 e. The highest BCUT2D eigenvalue weighted by Gasteiger charge is 2.16. The number of rotatable bonds is 6. The van der Waals surface area contributed by atoms with Crippen molar-refractivity contribution in [2.75, 3.05) is 12.8 Å². The molecule has 0 amide bonds. The van der Waals surface area contributed by atoms with Gasteiger partial charge >= 0.3 is 0 Å². The minimum absolute atomic E-state index is 0.103.